The minimum Gasteiger partial charge on any atom is -0.374 e. The summed E-state index contributed by atoms with van der Waals surface area (Å²) in [6.07, 6.45) is 2.36. The predicted molar refractivity (Wildman–Crippen MR) is 101 cm³/mol. The summed E-state index contributed by atoms with van der Waals surface area (Å²) in [5.74, 6) is -0.156. The fraction of sp³-hybridized carbons (Fsp3) is 0.263. The highest BCUT2D eigenvalue weighted by Crippen LogP contribution is 2.31. The molecule has 6 heteroatoms. The fourth-order valence-electron chi connectivity index (χ4n) is 2.89. The lowest BCUT2D eigenvalue weighted by Crippen LogP contribution is -2.24. The van der Waals surface area contributed by atoms with Crippen molar-refractivity contribution in [3.8, 4) is 6.07 Å². The molecule has 1 aliphatic heterocycles. The second-order valence-corrected chi connectivity index (χ2v) is 6.38. The largest absolute Gasteiger partial charge is 0.374 e. The van der Waals surface area contributed by atoms with Gasteiger partial charge < -0.3 is 15.5 Å². The molecule has 5 nitrogen and oxygen atoms in total. The number of nitriles is 1. The van der Waals surface area contributed by atoms with Gasteiger partial charge >= 0.3 is 0 Å². The third kappa shape index (κ3) is 4.43. The zero-order valence-corrected chi connectivity index (χ0v) is 14.5. The van der Waals surface area contributed by atoms with Gasteiger partial charge in [-0.2, -0.15) is 5.26 Å². The molecule has 0 aromatic heterocycles. The SMILES string of the molecule is N#Cc1ccc(NC(=O)CNc2cc(Cl)ccc2N2CCCC2)cc1. The third-order valence-corrected chi connectivity index (χ3v) is 4.38. The number of nitrogens with zero attached hydrogens (tertiary/aromatic N) is 2. The Morgan fingerprint density at radius 1 is 1.16 bits per heavy atom. The van der Waals surface area contributed by atoms with E-state index < -0.39 is 0 Å². The summed E-state index contributed by atoms with van der Waals surface area (Å²) < 4.78 is 0. The van der Waals surface area contributed by atoms with E-state index in [9.17, 15) is 4.79 Å². The zero-order chi connectivity index (χ0) is 17.6. The van der Waals surface area contributed by atoms with Gasteiger partial charge in [0.05, 0.1) is 29.6 Å². The minimum atomic E-state index is -0.156. The van der Waals surface area contributed by atoms with Gasteiger partial charge in [-0.1, -0.05) is 11.6 Å². The van der Waals surface area contributed by atoms with Gasteiger partial charge in [-0.3, -0.25) is 4.79 Å². The molecule has 1 amide bonds. The lowest BCUT2D eigenvalue weighted by atomic mass is 10.2. The molecular formula is C19H19ClN4O. The van der Waals surface area contributed by atoms with Crippen LogP contribution < -0.4 is 15.5 Å². The predicted octanol–water partition coefficient (Wildman–Crippen LogP) is 3.86. The Kier molecular flexibility index (Phi) is 5.42. The standard InChI is InChI=1S/C19H19ClN4O/c20-15-5-8-18(24-9-1-2-10-24)17(11-15)22-13-19(25)23-16-6-3-14(12-21)4-7-16/h3-8,11,22H,1-2,9-10,13H2,(H,23,25). The quantitative estimate of drug-likeness (QED) is 0.855. The summed E-state index contributed by atoms with van der Waals surface area (Å²) in [5.41, 5.74) is 3.17. The second kappa shape index (κ2) is 7.91. The lowest BCUT2D eigenvalue weighted by Gasteiger charge is -2.22. The van der Waals surface area contributed by atoms with Crippen molar-refractivity contribution >= 4 is 34.6 Å². The monoisotopic (exact) mass is 354 g/mol. The molecule has 0 unspecified atom stereocenters. The molecule has 2 N–H and O–H groups in total. The number of rotatable bonds is 5. The van der Waals surface area contributed by atoms with Crippen LogP contribution >= 0.6 is 11.6 Å². The maximum Gasteiger partial charge on any atom is 0.243 e. The van der Waals surface area contributed by atoms with Crippen LogP contribution in [0, 0.1) is 11.3 Å². The van der Waals surface area contributed by atoms with E-state index in [0.717, 1.165) is 24.5 Å². The molecular weight excluding hydrogens is 336 g/mol. The average molecular weight is 355 g/mol. The molecule has 2 aromatic rings. The average Bonchev–Trinajstić information content (AvgIpc) is 3.15. The molecule has 1 saturated heterocycles. The topological polar surface area (TPSA) is 68.2 Å². The van der Waals surface area contributed by atoms with Gasteiger partial charge in [0.1, 0.15) is 0 Å². The van der Waals surface area contributed by atoms with E-state index in [1.54, 1.807) is 24.3 Å². The summed E-state index contributed by atoms with van der Waals surface area (Å²) >= 11 is 6.11. The number of hydrogen-bond acceptors (Lipinski definition) is 4. The first-order valence-corrected chi connectivity index (χ1v) is 8.62. The van der Waals surface area contributed by atoms with Gasteiger partial charge in [0, 0.05) is 23.8 Å². The molecule has 1 fully saturated rings. The van der Waals surface area contributed by atoms with Crippen LogP contribution in [0.5, 0.6) is 0 Å². The summed E-state index contributed by atoms with van der Waals surface area (Å²) in [7, 11) is 0. The van der Waals surface area contributed by atoms with Crippen LogP contribution in [-0.4, -0.2) is 25.5 Å². The number of anilines is 3. The van der Waals surface area contributed by atoms with Crippen molar-refractivity contribution in [1.29, 1.82) is 5.26 Å². The second-order valence-electron chi connectivity index (χ2n) is 5.95. The van der Waals surface area contributed by atoms with Crippen molar-refractivity contribution in [3.63, 3.8) is 0 Å². The molecule has 0 saturated carbocycles. The molecule has 1 aliphatic rings. The van der Waals surface area contributed by atoms with E-state index in [-0.39, 0.29) is 12.5 Å². The summed E-state index contributed by atoms with van der Waals surface area (Å²) in [5, 5.41) is 15.4. The van der Waals surface area contributed by atoms with Gasteiger partial charge in [-0.05, 0) is 55.3 Å². The molecule has 2 aromatic carbocycles. The van der Waals surface area contributed by atoms with Gasteiger partial charge in [-0.25, -0.2) is 0 Å². The summed E-state index contributed by atoms with van der Waals surface area (Å²) in [4.78, 5) is 14.5. The van der Waals surface area contributed by atoms with E-state index in [0.29, 0.717) is 16.3 Å². The van der Waals surface area contributed by atoms with Gasteiger partial charge in [0.15, 0.2) is 0 Å². The number of nitrogens with one attached hydrogen (secondary N) is 2. The Bertz CT molecular complexity index is 792. The first kappa shape index (κ1) is 17.1. The van der Waals surface area contributed by atoms with Crippen LogP contribution in [0.1, 0.15) is 18.4 Å². The number of carbonyl (C=O) groups excluding carboxylic acids is 1. The van der Waals surface area contributed by atoms with Crippen molar-refractivity contribution in [2.45, 2.75) is 12.8 Å². The van der Waals surface area contributed by atoms with Crippen LogP contribution in [0.3, 0.4) is 0 Å². The van der Waals surface area contributed by atoms with Gasteiger partial charge in [-0.15, -0.1) is 0 Å². The summed E-state index contributed by atoms with van der Waals surface area (Å²) in [6, 6.07) is 14.5. The Balaban J connectivity index is 1.63. The normalized spacial score (nSPS) is 13.4. The first-order valence-electron chi connectivity index (χ1n) is 8.24. The van der Waals surface area contributed by atoms with Crippen molar-refractivity contribution in [2.75, 3.05) is 35.2 Å². The van der Waals surface area contributed by atoms with Crippen LogP contribution in [-0.2, 0) is 4.79 Å². The molecule has 0 atom stereocenters. The van der Waals surface area contributed by atoms with Gasteiger partial charge in [0.25, 0.3) is 0 Å². The lowest BCUT2D eigenvalue weighted by molar-refractivity contribution is -0.114. The van der Waals surface area contributed by atoms with Crippen molar-refractivity contribution in [1.82, 2.24) is 0 Å². The zero-order valence-electron chi connectivity index (χ0n) is 13.8. The van der Waals surface area contributed by atoms with E-state index in [4.69, 9.17) is 16.9 Å². The highest BCUT2D eigenvalue weighted by atomic mass is 35.5. The van der Waals surface area contributed by atoms with Crippen LogP contribution in [0.25, 0.3) is 0 Å². The fourth-order valence-corrected chi connectivity index (χ4v) is 3.06. The molecule has 0 radical (unpaired) electrons. The van der Waals surface area contributed by atoms with Crippen LogP contribution in [0.2, 0.25) is 5.02 Å². The Labute approximate surface area is 152 Å². The first-order chi connectivity index (χ1) is 12.2. The van der Waals surface area contributed by atoms with Crippen molar-refractivity contribution in [3.05, 3.63) is 53.1 Å². The van der Waals surface area contributed by atoms with Crippen molar-refractivity contribution in [2.24, 2.45) is 0 Å². The van der Waals surface area contributed by atoms with E-state index in [1.807, 2.05) is 18.2 Å². The van der Waals surface area contributed by atoms with E-state index in [1.165, 1.54) is 12.8 Å². The van der Waals surface area contributed by atoms with Gasteiger partial charge in [0.2, 0.25) is 5.91 Å². The number of amides is 1. The maximum absolute atomic E-state index is 12.2. The molecule has 0 bridgehead atoms. The molecule has 25 heavy (non-hydrogen) atoms. The van der Waals surface area contributed by atoms with Crippen molar-refractivity contribution < 1.29 is 4.79 Å². The van der Waals surface area contributed by atoms with E-state index >= 15 is 0 Å². The molecule has 1 heterocycles. The molecule has 0 spiro atoms. The smallest absolute Gasteiger partial charge is 0.243 e. The number of benzene rings is 2. The Morgan fingerprint density at radius 3 is 2.56 bits per heavy atom. The molecule has 3 rings (SSSR count). The third-order valence-electron chi connectivity index (χ3n) is 4.14. The highest BCUT2D eigenvalue weighted by Gasteiger charge is 2.16. The number of halogens is 1. The van der Waals surface area contributed by atoms with Crippen LogP contribution in [0.4, 0.5) is 17.1 Å². The highest BCUT2D eigenvalue weighted by molar-refractivity contribution is 6.31. The molecule has 0 aliphatic carbocycles. The maximum atomic E-state index is 12.2. The van der Waals surface area contributed by atoms with E-state index in [2.05, 4.69) is 21.6 Å². The van der Waals surface area contributed by atoms with Crippen LogP contribution in [0.15, 0.2) is 42.5 Å². The molecule has 128 valence electrons. The minimum absolute atomic E-state index is 0.140. The number of hydrogen-bond donors (Lipinski definition) is 2. The Morgan fingerprint density at radius 2 is 1.88 bits per heavy atom. The number of carbonyl (C=O) groups is 1. The summed E-state index contributed by atoms with van der Waals surface area (Å²) in [6.45, 7) is 2.18. The Hall–Kier alpha value is -2.71.